The summed E-state index contributed by atoms with van der Waals surface area (Å²) in [5.74, 6) is 1.47. The minimum Gasteiger partial charge on any atom is -0.441 e. The molecule has 0 bridgehead atoms. The van der Waals surface area contributed by atoms with E-state index in [0.29, 0.717) is 5.89 Å². The molecular formula is C18H15NO. The largest absolute Gasteiger partial charge is 0.441 e. The highest BCUT2D eigenvalue weighted by Gasteiger charge is 2.10. The van der Waals surface area contributed by atoms with Crippen molar-refractivity contribution in [1.29, 1.82) is 0 Å². The molecule has 2 nitrogen and oxygen atoms in total. The van der Waals surface area contributed by atoms with Crippen LogP contribution in [0.25, 0.3) is 23.4 Å². The molecule has 1 aromatic heterocycles. The summed E-state index contributed by atoms with van der Waals surface area (Å²) in [6.07, 6.45) is 4.00. The van der Waals surface area contributed by atoms with Crippen LogP contribution in [-0.4, -0.2) is 4.98 Å². The zero-order valence-electron chi connectivity index (χ0n) is 11.3. The SMILES string of the molecule is Cc1nc(-c2ccccc2)c(/C=C/c2ccccc2)[18o]1. The van der Waals surface area contributed by atoms with Crippen molar-refractivity contribution in [2.24, 2.45) is 0 Å². The topological polar surface area (TPSA) is 26.0 Å². The molecule has 0 N–H and O–H groups in total. The average Bonchev–Trinajstić information content (AvgIpc) is 2.88. The van der Waals surface area contributed by atoms with Gasteiger partial charge in [-0.05, 0) is 11.6 Å². The van der Waals surface area contributed by atoms with Gasteiger partial charge in [0.15, 0.2) is 11.7 Å². The molecule has 0 saturated carbocycles. The Hall–Kier alpha value is -2.61. The highest BCUT2D eigenvalue weighted by Crippen LogP contribution is 2.25. The Balaban J connectivity index is 1.97. The van der Waals surface area contributed by atoms with Gasteiger partial charge in [0.1, 0.15) is 5.69 Å². The third-order valence-corrected chi connectivity index (χ3v) is 3.03. The van der Waals surface area contributed by atoms with Crippen LogP contribution in [0.3, 0.4) is 0 Å². The first-order chi connectivity index (χ1) is 9.83. The summed E-state index contributed by atoms with van der Waals surface area (Å²) < 4.78 is 5.69. The van der Waals surface area contributed by atoms with Gasteiger partial charge >= 0.3 is 0 Å². The predicted octanol–water partition coefficient (Wildman–Crippen LogP) is 4.82. The highest BCUT2D eigenvalue weighted by atomic mass is 18.2. The Bertz CT molecular complexity index is 712. The summed E-state index contributed by atoms with van der Waals surface area (Å²) in [6, 6.07) is 20.2. The maximum Gasteiger partial charge on any atom is 0.192 e. The fourth-order valence-electron chi connectivity index (χ4n) is 2.09. The second-order valence-corrected chi connectivity index (χ2v) is 4.56. The standard InChI is InChI=1S/C18H15NO/c1-14-19-18(16-10-6-3-7-11-16)17(20-14)13-12-15-8-4-2-5-9-15/h2-13H,1H3/b13-12+/i20+2. The summed E-state index contributed by atoms with van der Waals surface area (Å²) in [4.78, 5) is 4.48. The number of rotatable bonds is 3. The Morgan fingerprint density at radius 1 is 0.850 bits per heavy atom. The second-order valence-electron chi connectivity index (χ2n) is 4.56. The Morgan fingerprint density at radius 3 is 2.20 bits per heavy atom. The van der Waals surface area contributed by atoms with E-state index in [1.54, 1.807) is 0 Å². The van der Waals surface area contributed by atoms with E-state index in [2.05, 4.69) is 17.1 Å². The molecule has 0 unspecified atom stereocenters. The first-order valence-electron chi connectivity index (χ1n) is 6.59. The fraction of sp³-hybridized carbons (Fsp3) is 0.0556. The number of hydrogen-bond donors (Lipinski definition) is 0. The molecule has 0 aliphatic rings. The van der Waals surface area contributed by atoms with Gasteiger partial charge in [0.2, 0.25) is 0 Å². The van der Waals surface area contributed by atoms with Crippen molar-refractivity contribution < 1.29 is 4.42 Å². The maximum atomic E-state index is 5.69. The summed E-state index contributed by atoms with van der Waals surface area (Å²) in [6.45, 7) is 1.87. The van der Waals surface area contributed by atoms with E-state index in [0.717, 1.165) is 22.6 Å². The monoisotopic (exact) mass is 263 g/mol. The molecular weight excluding hydrogens is 248 g/mol. The molecule has 0 saturated heterocycles. The molecule has 2 heteroatoms. The molecule has 0 spiro atoms. The van der Waals surface area contributed by atoms with Crippen molar-refractivity contribution >= 4 is 12.2 Å². The smallest absolute Gasteiger partial charge is 0.192 e. The third-order valence-electron chi connectivity index (χ3n) is 3.03. The van der Waals surface area contributed by atoms with Crippen LogP contribution in [0.1, 0.15) is 17.2 Å². The van der Waals surface area contributed by atoms with E-state index in [4.69, 9.17) is 4.42 Å². The van der Waals surface area contributed by atoms with Gasteiger partial charge in [-0.25, -0.2) is 4.98 Å². The minimum absolute atomic E-state index is 0.677. The van der Waals surface area contributed by atoms with Gasteiger partial charge in [-0.1, -0.05) is 66.7 Å². The fourth-order valence-corrected chi connectivity index (χ4v) is 2.09. The first-order valence-corrected chi connectivity index (χ1v) is 6.59. The number of nitrogens with zero attached hydrogens (tertiary/aromatic N) is 1. The van der Waals surface area contributed by atoms with Crippen molar-refractivity contribution in [3.05, 3.63) is 77.9 Å². The summed E-state index contributed by atoms with van der Waals surface area (Å²) in [5.41, 5.74) is 3.09. The van der Waals surface area contributed by atoms with Crippen LogP contribution in [0.15, 0.2) is 65.1 Å². The van der Waals surface area contributed by atoms with Gasteiger partial charge in [0, 0.05) is 12.5 Å². The number of aromatic nitrogens is 1. The number of oxazole rings is 1. The van der Waals surface area contributed by atoms with E-state index in [1.165, 1.54) is 0 Å². The van der Waals surface area contributed by atoms with Gasteiger partial charge in [0.25, 0.3) is 0 Å². The third kappa shape index (κ3) is 2.69. The normalized spacial score (nSPS) is 11.1. The Kier molecular flexibility index (Phi) is 3.46. The zero-order chi connectivity index (χ0) is 13.8. The van der Waals surface area contributed by atoms with E-state index in [-0.39, 0.29) is 0 Å². The van der Waals surface area contributed by atoms with E-state index in [9.17, 15) is 0 Å². The lowest BCUT2D eigenvalue weighted by molar-refractivity contribution is 0.513. The lowest BCUT2D eigenvalue weighted by atomic mass is 10.1. The van der Waals surface area contributed by atoms with E-state index in [1.807, 2.05) is 67.6 Å². The lowest BCUT2D eigenvalue weighted by Gasteiger charge is -1.97. The molecule has 0 radical (unpaired) electrons. The molecule has 0 aliphatic carbocycles. The molecule has 0 fully saturated rings. The molecule has 20 heavy (non-hydrogen) atoms. The molecule has 3 rings (SSSR count). The van der Waals surface area contributed by atoms with Gasteiger partial charge in [-0.15, -0.1) is 0 Å². The summed E-state index contributed by atoms with van der Waals surface area (Å²) in [7, 11) is 0. The maximum absolute atomic E-state index is 5.69. The number of aryl methyl sites for hydroxylation is 1. The number of benzene rings is 2. The molecule has 0 atom stereocenters. The quantitative estimate of drug-likeness (QED) is 0.677. The van der Waals surface area contributed by atoms with Gasteiger partial charge in [0.05, 0.1) is 0 Å². The highest BCUT2D eigenvalue weighted by molar-refractivity contribution is 5.76. The number of hydrogen-bond acceptors (Lipinski definition) is 2. The molecule has 1 heterocycles. The van der Waals surface area contributed by atoms with Crippen LogP contribution >= 0.6 is 0 Å². The van der Waals surface area contributed by atoms with E-state index >= 15 is 0 Å². The van der Waals surface area contributed by atoms with Crippen molar-refractivity contribution in [3.8, 4) is 11.3 Å². The molecule has 0 aliphatic heterocycles. The van der Waals surface area contributed by atoms with Crippen LogP contribution < -0.4 is 0 Å². The van der Waals surface area contributed by atoms with Crippen LogP contribution in [-0.2, 0) is 0 Å². The van der Waals surface area contributed by atoms with Crippen molar-refractivity contribution in [2.45, 2.75) is 6.92 Å². The van der Waals surface area contributed by atoms with Gasteiger partial charge in [-0.2, -0.15) is 0 Å². The molecule has 3 aromatic rings. The van der Waals surface area contributed by atoms with Crippen molar-refractivity contribution in [1.82, 2.24) is 4.98 Å². The average molecular weight is 263 g/mol. The van der Waals surface area contributed by atoms with Crippen LogP contribution in [0, 0.1) is 6.92 Å². The molecule has 2 aromatic carbocycles. The van der Waals surface area contributed by atoms with Crippen molar-refractivity contribution in [3.63, 3.8) is 0 Å². The second kappa shape index (κ2) is 5.57. The van der Waals surface area contributed by atoms with Gasteiger partial charge < -0.3 is 4.42 Å². The Labute approximate surface area is 118 Å². The van der Waals surface area contributed by atoms with E-state index < -0.39 is 0 Å². The van der Waals surface area contributed by atoms with Crippen LogP contribution in [0.2, 0.25) is 0 Å². The minimum atomic E-state index is 0.677. The van der Waals surface area contributed by atoms with Gasteiger partial charge in [-0.3, -0.25) is 0 Å². The lowest BCUT2D eigenvalue weighted by Crippen LogP contribution is -1.80. The summed E-state index contributed by atoms with van der Waals surface area (Å²) in [5, 5.41) is 0. The Morgan fingerprint density at radius 2 is 1.50 bits per heavy atom. The molecule has 0 amide bonds. The van der Waals surface area contributed by atoms with Crippen molar-refractivity contribution in [2.75, 3.05) is 0 Å². The molecule has 98 valence electrons. The predicted molar refractivity (Wildman–Crippen MR) is 82.0 cm³/mol. The van der Waals surface area contributed by atoms with Crippen LogP contribution in [0.4, 0.5) is 0 Å². The first kappa shape index (κ1) is 12.4. The van der Waals surface area contributed by atoms with Crippen LogP contribution in [0.5, 0.6) is 0 Å². The zero-order valence-corrected chi connectivity index (χ0v) is 11.3. The summed E-state index contributed by atoms with van der Waals surface area (Å²) >= 11 is 0.